The Labute approximate surface area is 77.5 Å². The summed E-state index contributed by atoms with van der Waals surface area (Å²) in [5.41, 5.74) is -0.565. The average molecular weight is 185 g/mol. The Morgan fingerprint density at radius 2 is 2.31 bits per heavy atom. The van der Waals surface area contributed by atoms with Crippen molar-refractivity contribution in [3.05, 3.63) is 0 Å². The maximum Gasteiger partial charge on any atom is 0.314 e. The summed E-state index contributed by atoms with van der Waals surface area (Å²) in [6, 6.07) is 0. The molecule has 1 N–H and O–H groups in total. The van der Waals surface area contributed by atoms with Crippen LogP contribution in [0.5, 0.6) is 0 Å². The molecule has 1 atom stereocenters. The molecule has 13 heavy (non-hydrogen) atoms. The summed E-state index contributed by atoms with van der Waals surface area (Å²) in [6.07, 6.45) is 0.992. The summed E-state index contributed by atoms with van der Waals surface area (Å²) in [5.74, 6) is -0.400. The van der Waals surface area contributed by atoms with Gasteiger partial charge in [-0.25, -0.2) is 0 Å². The number of carbonyl (C=O) groups is 1. The summed E-state index contributed by atoms with van der Waals surface area (Å²) < 4.78 is 5.05. The monoisotopic (exact) mass is 185 g/mol. The third-order valence-corrected chi connectivity index (χ3v) is 3.32. The van der Waals surface area contributed by atoms with E-state index in [-0.39, 0.29) is 5.92 Å². The van der Waals surface area contributed by atoms with Crippen molar-refractivity contribution in [2.24, 2.45) is 11.3 Å². The van der Waals surface area contributed by atoms with Crippen LogP contribution in [-0.4, -0.2) is 49.3 Å². The van der Waals surface area contributed by atoms with E-state index in [1.165, 1.54) is 0 Å². The zero-order chi connectivity index (χ0) is 9.47. The number of ether oxygens (including phenoxy) is 1. The molecule has 2 rings (SSSR count). The van der Waals surface area contributed by atoms with Crippen LogP contribution in [0.1, 0.15) is 6.42 Å². The van der Waals surface area contributed by atoms with Gasteiger partial charge in [-0.2, -0.15) is 0 Å². The molecular formula is C9H15NO3. The fraction of sp³-hybridized carbons (Fsp3) is 0.889. The van der Waals surface area contributed by atoms with Crippen LogP contribution in [0.25, 0.3) is 0 Å². The minimum absolute atomic E-state index is 0.281. The van der Waals surface area contributed by atoms with Crippen LogP contribution in [0.15, 0.2) is 0 Å². The highest BCUT2D eigenvalue weighted by Gasteiger charge is 2.53. The molecule has 2 heterocycles. The van der Waals surface area contributed by atoms with Crippen LogP contribution in [0.2, 0.25) is 0 Å². The van der Waals surface area contributed by atoms with Gasteiger partial charge in [0.1, 0.15) is 5.41 Å². The highest BCUT2D eigenvalue weighted by atomic mass is 16.5. The van der Waals surface area contributed by atoms with Gasteiger partial charge in [-0.15, -0.1) is 0 Å². The number of rotatable bonds is 2. The van der Waals surface area contributed by atoms with Crippen molar-refractivity contribution in [2.75, 3.05) is 33.4 Å². The Balaban J connectivity index is 2.09. The van der Waals surface area contributed by atoms with Gasteiger partial charge in [-0.3, -0.25) is 4.79 Å². The fourth-order valence-electron chi connectivity index (χ4n) is 2.24. The van der Waals surface area contributed by atoms with E-state index >= 15 is 0 Å². The molecule has 74 valence electrons. The number of carboxylic acids is 1. The van der Waals surface area contributed by atoms with Gasteiger partial charge in [0.15, 0.2) is 0 Å². The third kappa shape index (κ3) is 1.25. The summed E-state index contributed by atoms with van der Waals surface area (Å²) in [6.45, 7) is 2.72. The number of nitrogens with zero attached hydrogens (tertiary/aromatic N) is 1. The number of carboxylic acid groups (broad SMARTS) is 1. The van der Waals surface area contributed by atoms with Crippen LogP contribution < -0.4 is 0 Å². The van der Waals surface area contributed by atoms with E-state index in [0.29, 0.717) is 13.2 Å². The quantitative estimate of drug-likeness (QED) is 0.660. The maximum atomic E-state index is 11.1. The van der Waals surface area contributed by atoms with E-state index in [2.05, 4.69) is 4.90 Å². The van der Waals surface area contributed by atoms with Gasteiger partial charge in [0.2, 0.25) is 0 Å². The number of hydrogen-bond donors (Lipinski definition) is 1. The Hall–Kier alpha value is -0.610. The molecule has 0 aliphatic carbocycles. The van der Waals surface area contributed by atoms with Gasteiger partial charge in [-0.1, -0.05) is 0 Å². The Kier molecular flexibility index (Phi) is 2.04. The standard InChI is InChI=1S/C9H15NO3/c1-10-3-2-7(4-10)9(8(11)12)5-13-6-9/h7H,2-6H2,1H3,(H,11,12). The van der Waals surface area contributed by atoms with E-state index in [4.69, 9.17) is 9.84 Å². The normalized spacial score (nSPS) is 32.8. The van der Waals surface area contributed by atoms with Crippen molar-refractivity contribution < 1.29 is 14.6 Å². The van der Waals surface area contributed by atoms with Gasteiger partial charge in [0, 0.05) is 6.54 Å². The van der Waals surface area contributed by atoms with Crippen molar-refractivity contribution in [2.45, 2.75) is 6.42 Å². The Bertz CT molecular complexity index is 225. The van der Waals surface area contributed by atoms with E-state index in [0.717, 1.165) is 19.5 Å². The molecule has 2 aliphatic rings. The minimum atomic E-state index is -0.681. The second-order valence-electron chi connectivity index (χ2n) is 4.20. The Morgan fingerprint density at radius 1 is 1.62 bits per heavy atom. The zero-order valence-corrected chi connectivity index (χ0v) is 7.82. The van der Waals surface area contributed by atoms with Crippen LogP contribution in [0.4, 0.5) is 0 Å². The van der Waals surface area contributed by atoms with Crippen molar-refractivity contribution >= 4 is 5.97 Å². The van der Waals surface area contributed by atoms with Crippen LogP contribution in [-0.2, 0) is 9.53 Å². The highest BCUT2D eigenvalue weighted by Crippen LogP contribution is 2.40. The lowest BCUT2D eigenvalue weighted by atomic mass is 9.73. The smallest absolute Gasteiger partial charge is 0.314 e. The van der Waals surface area contributed by atoms with Gasteiger partial charge in [0.05, 0.1) is 13.2 Å². The second kappa shape index (κ2) is 2.96. The van der Waals surface area contributed by atoms with Crippen LogP contribution in [0, 0.1) is 11.3 Å². The number of likely N-dealkylation sites (tertiary alicyclic amines) is 1. The molecule has 1 unspecified atom stereocenters. The zero-order valence-electron chi connectivity index (χ0n) is 7.82. The molecule has 0 bridgehead atoms. The first-order valence-corrected chi connectivity index (χ1v) is 4.65. The third-order valence-electron chi connectivity index (χ3n) is 3.32. The summed E-state index contributed by atoms with van der Waals surface area (Å²) in [7, 11) is 2.04. The number of hydrogen-bond acceptors (Lipinski definition) is 3. The topological polar surface area (TPSA) is 49.8 Å². The highest BCUT2D eigenvalue weighted by molar-refractivity contribution is 5.76. The molecule has 2 saturated heterocycles. The molecular weight excluding hydrogens is 170 g/mol. The van der Waals surface area contributed by atoms with Gasteiger partial charge < -0.3 is 14.7 Å². The average Bonchev–Trinajstić information content (AvgIpc) is 2.32. The largest absolute Gasteiger partial charge is 0.481 e. The van der Waals surface area contributed by atoms with Crippen molar-refractivity contribution in [1.82, 2.24) is 4.90 Å². The van der Waals surface area contributed by atoms with E-state index in [1.54, 1.807) is 0 Å². The second-order valence-corrected chi connectivity index (χ2v) is 4.20. The molecule has 4 nitrogen and oxygen atoms in total. The first-order valence-electron chi connectivity index (χ1n) is 4.65. The summed E-state index contributed by atoms with van der Waals surface area (Å²) >= 11 is 0. The van der Waals surface area contributed by atoms with E-state index < -0.39 is 11.4 Å². The van der Waals surface area contributed by atoms with Crippen molar-refractivity contribution in [3.63, 3.8) is 0 Å². The lowest BCUT2D eigenvalue weighted by Crippen LogP contribution is -2.54. The Morgan fingerprint density at radius 3 is 2.62 bits per heavy atom. The summed E-state index contributed by atoms with van der Waals surface area (Å²) in [5, 5.41) is 9.13. The van der Waals surface area contributed by atoms with Gasteiger partial charge in [0.25, 0.3) is 0 Å². The molecule has 0 aromatic carbocycles. The summed E-state index contributed by atoms with van der Waals surface area (Å²) in [4.78, 5) is 13.3. The molecule has 0 aromatic heterocycles. The maximum absolute atomic E-state index is 11.1. The molecule has 0 saturated carbocycles. The first kappa shape index (κ1) is 8.97. The minimum Gasteiger partial charge on any atom is -0.481 e. The fourth-order valence-corrected chi connectivity index (χ4v) is 2.24. The predicted molar refractivity (Wildman–Crippen MR) is 46.5 cm³/mol. The molecule has 2 fully saturated rings. The van der Waals surface area contributed by atoms with Crippen molar-refractivity contribution in [1.29, 1.82) is 0 Å². The van der Waals surface area contributed by atoms with Crippen LogP contribution in [0.3, 0.4) is 0 Å². The lowest BCUT2D eigenvalue weighted by Gasteiger charge is -2.41. The molecule has 0 radical (unpaired) electrons. The molecule has 4 heteroatoms. The van der Waals surface area contributed by atoms with Crippen molar-refractivity contribution in [3.8, 4) is 0 Å². The first-order chi connectivity index (χ1) is 6.15. The molecule has 2 aliphatic heterocycles. The predicted octanol–water partition coefficient (Wildman–Crippen LogP) is 0.0393. The van der Waals surface area contributed by atoms with Gasteiger partial charge >= 0.3 is 5.97 Å². The lowest BCUT2D eigenvalue weighted by molar-refractivity contribution is -0.190. The number of aliphatic carboxylic acids is 1. The SMILES string of the molecule is CN1CCC(C2(C(=O)O)COC2)C1. The molecule has 0 spiro atoms. The van der Waals surface area contributed by atoms with Crippen LogP contribution >= 0.6 is 0 Å². The molecule has 0 amide bonds. The van der Waals surface area contributed by atoms with E-state index in [1.807, 2.05) is 7.05 Å². The van der Waals surface area contributed by atoms with Gasteiger partial charge in [-0.05, 0) is 25.9 Å². The van der Waals surface area contributed by atoms with E-state index in [9.17, 15) is 4.79 Å². The molecule has 0 aromatic rings.